The zero-order valence-corrected chi connectivity index (χ0v) is 30.6. The molecule has 0 saturated heterocycles. The molecule has 4 heterocycles. The lowest BCUT2D eigenvalue weighted by Gasteiger charge is -2.09. The number of aromatic nitrogens is 5. The van der Waals surface area contributed by atoms with E-state index in [1.807, 2.05) is 72.8 Å². The Bertz CT molecular complexity index is 3230. The number of furan rings is 1. The van der Waals surface area contributed by atoms with E-state index < -0.39 is 0 Å². The summed E-state index contributed by atoms with van der Waals surface area (Å²) in [4.78, 5) is 25.3. The fraction of sp³-hybridized carbons (Fsp3) is 0. The molecule has 0 radical (unpaired) electrons. The summed E-state index contributed by atoms with van der Waals surface area (Å²) in [5.41, 5.74) is 10.1. The lowest BCUT2D eigenvalue weighted by molar-refractivity contribution is 0.667. The van der Waals surface area contributed by atoms with Crippen LogP contribution < -0.4 is 0 Å². The molecule has 0 unspecified atom stereocenters. The van der Waals surface area contributed by atoms with Crippen molar-refractivity contribution in [3.63, 3.8) is 0 Å². The number of hydrogen-bond acceptors (Lipinski definition) is 7. The molecule has 0 amide bonds. The predicted octanol–water partition coefficient (Wildman–Crippen LogP) is 12.9. The summed E-state index contributed by atoms with van der Waals surface area (Å²) in [5.74, 6) is 2.55. The van der Waals surface area contributed by atoms with Crippen LogP contribution in [0.2, 0.25) is 0 Å². The van der Waals surface area contributed by atoms with Crippen molar-refractivity contribution in [2.75, 3.05) is 0 Å². The maximum atomic E-state index is 6.34. The minimum Gasteiger partial charge on any atom is -0.452 e. The molecule has 11 aromatic rings. The molecule has 0 spiro atoms. The van der Waals surface area contributed by atoms with Crippen LogP contribution in [0.5, 0.6) is 0 Å². The zero-order chi connectivity index (χ0) is 37.0. The van der Waals surface area contributed by atoms with Crippen LogP contribution in [0.3, 0.4) is 0 Å². The van der Waals surface area contributed by atoms with Crippen molar-refractivity contribution in [1.82, 2.24) is 24.9 Å². The molecule has 0 N–H and O–H groups in total. The standard InChI is InChI=1S/C49H29N5OS/c1-4-12-30(13-5-1)31-20-22-34(23-21-31)47-52-46(33-16-8-3-9-17-33)53-49(54-47)36-24-26-37-39-28-35(25-27-41(39)56-42(37)29-36)48-50-43(32-14-6-2-7-15-32)45-44(51-48)38-18-10-11-19-40(38)55-45/h1-29H. The van der Waals surface area contributed by atoms with Crippen molar-refractivity contribution >= 4 is 53.6 Å². The number of para-hydroxylation sites is 1. The highest BCUT2D eigenvalue weighted by atomic mass is 32.1. The monoisotopic (exact) mass is 735 g/mol. The van der Waals surface area contributed by atoms with E-state index >= 15 is 0 Å². The zero-order valence-electron chi connectivity index (χ0n) is 29.8. The quantitative estimate of drug-likeness (QED) is 0.169. The minimum absolute atomic E-state index is 0.628. The molecule has 4 aromatic heterocycles. The van der Waals surface area contributed by atoms with Gasteiger partial charge in [0.1, 0.15) is 16.8 Å². The minimum atomic E-state index is 0.628. The van der Waals surface area contributed by atoms with E-state index in [2.05, 4.69) is 103 Å². The molecule has 0 aliphatic heterocycles. The van der Waals surface area contributed by atoms with Crippen LogP contribution >= 0.6 is 11.3 Å². The summed E-state index contributed by atoms with van der Waals surface area (Å²) in [6, 6.07) is 60.1. The van der Waals surface area contributed by atoms with Crippen LogP contribution in [0, 0.1) is 0 Å². The fourth-order valence-electron chi connectivity index (χ4n) is 7.36. The predicted molar refractivity (Wildman–Crippen MR) is 228 cm³/mol. The van der Waals surface area contributed by atoms with Gasteiger partial charge in [0.05, 0.1) is 0 Å². The van der Waals surface area contributed by atoms with Gasteiger partial charge in [-0.2, -0.15) is 0 Å². The van der Waals surface area contributed by atoms with Crippen LogP contribution in [-0.4, -0.2) is 24.9 Å². The molecule has 0 bridgehead atoms. The Morgan fingerprint density at radius 3 is 1.59 bits per heavy atom. The lowest BCUT2D eigenvalue weighted by atomic mass is 10.0. The molecule has 6 nitrogen and oxygen atoms in total. The molecule has 11 rings (SSSR count). The van der Waals surface area contributed by atoms with Crippen molar-refractivity contribution in [3.8, 4) is 67.9 Å². The maximum absolute atomic E-state index is 6.34. The number of rotatable bonds is 6. The van der Waals surface area contributed by atoms with Gasteiger partial charge < -0.3 is 4.42 Å². The molecule has 0 atom stereocenters. The van der Waals surface area contributed by atoms with Crippen molar-refractivity contribution in [2.24, 2.45) is 0 Å². The van der Waals surface area contributed by atoms with E-state index in [1.165, 1.54) is 10.3 Å². The molecule has 0 aliphatic carbocycles. The molecular formula is C49H29N5OS. The Morgan fingerprint density at radius 1 is 0.339 bits per heavy atom. The first-order valence-corrected chi connectivity index (χ1v) is 19.2. The summed E-state index contributed by atoms with van der Waals surface area (Å²) < 4.78 is 8.67. The molecule has 0 fully saturated rings. The molecule has 7 heteroatoms. The molecule has 7 aromatic carbocycles. The number of fused-ring (bicyclic) bond motifs is 6. The van der Waals surface area contributed by atoms with Gasteiger partial charge >= 0.3 is 0 Å². The van der Waals surface area contributed by atoms with Crippen LogP contribution in [0.25, 0.3) is 110 Å². The fourth-order valence-corrected chi connectivity index (χ4v) is 8.49. The first kappa shape index (κ1) is 32.1. The lowest BCUT2D eigenvalue weighted by Crippen LogP contribution is -2.00. The van der Waals surface area contributed by atoms with Gasteiger partial charge in [0.25, 0.3) is 0 Å². The van der Waals surface area contributed by atoms with E-state index in [4.69, 9.17) is 29.3 Å². The summed E-state index contributed by atoms with van der Waals surface area (Å²) in [6.07, 6.45) is 0. The Hall–Kier alpha value is -7.35. The molecule has 262 valence electrons. The largest absolute Gasteiger partial charge is 0.452 e. The van der Waals surface area contributed by atoms with Gasteiger partial charge in [-0.3, -0.25) is 0 Å². The second kappa shape index (κ2) is 13.2. The summed E-state index contributed by atoms with van der Waals surface area (Å²) in [5, 5.41) is 3.28. The van der Waals surface area contributed by atoms with Gasteiger partial charge in [0, 0.05) is 53.4 Å². The van der Waals surface area contributed by atoms with E-state index in [-0.39, 0.29) is 0 Å². The third kappa shape index (κ3) is 5.61. The second-order valence-corrected chi connectivity index (χ2v) is 14.8. The first-order valence-electron chi connectivity index (χ1n) is 18.4. The first-order chi connectivity index (χ1) is 27.7. The maximum Gasteiger partial charge on any atom is 0.180 e. The average molecular weight is 736 g/mol. The van der Waals surface area contributed by atoms with Gasteiger partial charge in [-0.1, -0.05) is 140 Å². The third-order valence-corrected chi connectivity index (χ3v) is 11.3. The molecule has 0 saturated carbocycles. The number of nitrogens with zero attached hydrogens (tertiary/aromatic N) is 5. The summed E-state index contributed by atoms with van der Waals surface area (Å²) in [7, 11) is 0. The van der Waals surface area contributed by atoms with Crippen molar-refractivity contribution in [1.29, 1.82) is 0 Å². The highest BCUT2D eigenvalue weighted by Gasteiger charge is 2.19. The van der Waals surface area contributed by atoms with Crippen molar-refractivity contribution in [2.45, 2.75) is 0 Å². The smallest absolute Gasteiger partial charge is 0.180 e. The molecule has 0 aliphatic rings. The number of thiophene rings is 1. The topological polar surface area (TPSA) is 77.6 Å². The molecular weight excluding hydrogens is 707 g/mol. The van der Waals surface area contributed by atoms with Crippen molar-refractivity contribution in [3.05, 3.63) is 176 Å². The van der Waals surface area contributed by atoms with Gasteiger partial charge in [-0.05, 0) is 47.5 Å². The van der Waals surface area contributed by atoms with E-state index in [0.29, 0.717) is 28.9 Å². The third-order valence-electron chi connectivity index (χ3n) is 10.2. The summed E-state index contributed by atoms with van der Waals surface area (Å²) >= 11 is 1.75. The average Bonchev–Trinajstić information content (AvgIpc) is 3.84. The SMILES string of the molecule is c1ccc(-c2ccc(-c3nc(-c4ccccc4)nc(-c4ccc5c(c4)sc4ccc(-c6nc(-c7ccccc7)c7oc8ccccc8c7n6)cc45)n3)cc2)cc1. The van der Waals surface area contributed by atoms with Gasteiger partial charge in [0.2, 0.25) is 0 Å². The van der Waals surface area contributed by atoms with E-state index in [0.717, 1.165) is 71.0 Å². The Labute approximate surface area is 325 Å². The van der Waals surface area contributed by atoms with Gasteiger partial charge in [-0.15, -0.1) is 11.3 Å². The van der Waals surface area contributed by atoms with E-state index in [9.17, 15) is 0 Å². The van der Waals surface area contributed by atoms with Crippen LogP contribution in [0.1, 0.15) is 0 Å². The van der Waals surface area contributed by atoms with Crippen LogP contribution in [0.4, 0.5) is 0 Å². The Morgan fingerprint density at radius 2 is 0.857 bits per heavy atom. The van der Waals surface area contributed by atoms with Crippen molar-refractivity contribution < 1.29 is 4.42 Å². The van der Waals surface area contributed by atoms with E-state index in [1.54, 1.807) is 11.3 Å². The normalized spacial score (nSPS) is 11.6. The number of benzene rings is 7. The van der Waals surface area contributed by atoms with Crippen LogP contribution in [-0.2, 0) is 0 Å². The molecule has 56 heavy (non-hydrogen) atoms. The Kier molecular flexibility index (Phi) is 7.57. The van der Waals surface area contributed by atoms with Gasteiger partial charge in [-0.25, -0.2) is 24.9 Å². The highest BCUT2D eigenvalue weighted by Crippen LogP contribution is 2.40. The summed E-state index contributed by atoms with van der Waals surface area (Å²) in [6.45, 7) is 0. The number of hydrogen-bond donors (Lipinski definition) is 0. The van der Waals surface area contributed by atoms with Gasteiger partial charge in [0.15, 0.2) is 28.9 Å². The highest BCUT2D eigenvalue weighted by molar-refractivity contribution is 7.25. The Balaban J connectivity index is 1.01. The van der Waals surface area contributed by atoms with Crippen LogP contribution in [0.15, 0.2) is 180 Å². The second-order valence-electron chi connectivity index (χ2n) is 13.7.